The summed E-state index contributed by atoms with van der Waals surface area (Å²) >= 11 is 12.4. The van der Waals surface area contributed by atoms with Gasteiger partial charge in [0.1, 0.15) is 12.7 Å². The SMILES string of the molecule is COc1cccc([C@H]2Nc3ccc(C)cc3[C@H](OC(C)=O)C2(C)C)c1OCc1ccc(Cl)cc1Cl. The molecule has 4 rings (SSSR count). The number of hydrogen-bond acceptors (Lipinski definition) is 5. The Labute approximate surface area is 216 Å². The van der Waals surface area contributed by atoms with Crippen molar-refractivity contribution >= 4 is 34.9 Å². The topological polar surface area (TPSA) is 56.8 Å². The predicted octanol–water partition coefficient (Wildman–Crippen LogP) is 7.69. The molecule has 3 aromatic rings. The maximum Gasteiger partial charge on any atom is 0.303 e. The van der Waals surface area contributed by atoms with Crippen LogP contribution in [0.5, 0.6) is 11.5 Å². The van der Waals surface area contributed by atoms with Crippen LogP contribution in [0.1, 0.15) is 55.2 Å². The van der Waals surface area contributed by atoms with Gasteiger partial charge in [0.25, 0.3) is 0 Å². The minimum atomic E-state index is -0.519. The molecule has 5 nitrogen and oxygen atoms in total. The number of para-hydroxylation sites is 1. The van der Waals surface area contributed by atoms with Crippen LogP contribution in [0, 0.1) is 12.3 Å². The zero-order valence-electron chi connectivity index (χ0n) is 20.4. The molecule has 2 atom stereocenters. The van der Waals surface area contributed by atoms with Gasteiger partial charge >= 0.3 is 5.97 Å². The molecule has 0 radical (unpaired) electrons. The van der Waals surface area contributed by atoms with Gasteiger partial charge in [-0.2, -0.15) is 0 Å². The van der Waals surface area contributed by atoms with Crippen LogP contribution in [0.3, 0.4) is 0 Å². The highest BCUT2D eigenvalue weighted by molar-refractivity contribution is 6.35. The highest BCUT2D eigenvalue weighted by atomic mass is 35.5. The number of halogens is 2. The number of anilines is 1. The summed E-state index contributed by atoms with van der Waals surface area (Å²) in [7, 11) is 1.61. The van der Waals surface area contributed by atoms with Gasteiger partial charge in [0.05, 0.1) is 13.2 Å². The van der Waals surface area contributed by atoms with Crippen LogP contribution in [0.2, 0.25) is 10.0 Å². The lowest BCUT2D eigenvalue weighted by Crippen LogP contribution is -2.40. The Hall–Kier alpha value is -2.89. The molecule has 184 valence electrons. The second-order valence-electron chi connectivity index (χ2n) is 9.38. The first kappa shape index (κ1) is 25.2. The predicted molar refractivity (Wildman–Crippen MR) is 140 cm³/mol. The van der Waals surface area contributed by atoms with E-state index in [0.717, 1.165) is 27.9 Å². The molecule has 1 N–H and O–H groups in total. The van der Waals surface area contributed by atoms with Gasteiger partial charge in [-0.25, -0.2) is 0 Å². The third-order valence-corrected chi connectivity index (χ3v) is 7.01. The van der Waals surface area contributed by atoms with E-state index in [0.29, 0.717) is 21.5 Å². The van der Waals surface area contributed by atoms with Gasteiger partial charge in [0, 0.05) is 44.8 Å². The largest absolute Gasteiger partial charge is 0.493 e. The minimum Gasteiger partial charge on any atom is -0.493 e. The zero-order valence-corrected chi connectivity index (χ0v) is 22.0. The lowest BCUT2D eigenvalue weighted by Gasteiger charge is -2.46. The summed E-state index contributed by atoms with van der Waals surface area (Å²) in [6.45, 7) is 7.88. The quantitative estimate of drug-likeness (QED) is 0.342. The van der Waals surface area contributed by atoms with Gasteiger partial charge < -0.3 is 19.5 Å². The second-order valence-corrected chi connectivity index (χ2v) is 10.2. The first-order valence-corrected chi connectivity index (χ1v) is 12.2. The zero-order chi connectivity index (χ0) is 25.3. The van der Waals surface area contributed by atoms with Crippen LogP contribution >= 0.6 is 23.2 Å². The summed E-state index contributed by atoms with van der Waals surface area (Å²) in [5, 5.41) is 4.77. The van der Waals surface area contributed by atoms with Gasteiger partial charge in [-0.15, -0.1) is 0 Å². The Morgan fingerprint density at radius 1 is 1.06 bits per heavy atom. The summed E-state index contributed by atoms with van der Waals surface area (Å²) in [6, 6.07) is 17.0. The minimum absolute atomic E-state index is 0.236. The summed E-state index contributed by atoms with van der Waals surface area (Å²) in [5.41, 5.74) is 4.15. The number of aryl methyl sites for hydroxylation is 1. The molecular formula is C28H29Cl2NO4. The second kappa shape index (κ2) is 10.00. The first-order chi connectivity index (χ1) is 16.6. The fourth-order valence-corrected chi connectivity index (χ4v) is 5.11. The number of hydrogen-bond donors (Lipinski definition) is 1. The van der Waals surface area contributed by atoms with Crippen molar-refractivity contribution in [1.82, 2.24) is 0 Å². The summed E-state index contributed by atoms with van der Waals surface area (Å²) < 4.78 is 17.9. The molecule has 0 spiro atoms. The van der Waals surface area contributed by atoms with Crippen LogP contribution in [-0.2, 0) is 16.1 Å². The summed E-state index contributed by atoms with van der Waals surface area (Å²) in [4.78, 5) is 12.1. The number of rotatable bonds is 6. The highest BCUT2D eigenvalue weighted by Gasteiger charge is 2.47. The Bertz CT molecular complexity index is 1260. The number of esters is 1. The van der Waals surface area contributed by atoms with E-state index in [9.17, 15) is 4.79 Å². The molecule has 0 fully saturated rings. The Kier molecular flexibility index (Phi) is 7.20. The fourth-order valence-electron chi connectivity index (χ4n) is 4.65. The molecule has 1 heterocycles. The van der Waals surface area contributed by atoms with E-state index in [1.165, 1.54) is 6.92 Å². The highest BCUT2D eigenvalue weighted by Crippen LogP contribution is 2.55. The summed E-state index contributed by atoms with van der Waals surface area (Å²) in [6.07, 6.45) is -0.453. The Morgan fingerprint density at radius 2 is 1.83 bits per heavy atom. The molecule has 35 heavy (non-hydrogen) atoms. The number of methoxy groups -OCH3 is 1. The van der Waals surface area contributed by atoms with Crippen LogP contribution in [0.25, 0.3) is 0 Å². The maximum absolute atomic E-state index is 12.1. The molecule has 0 saturated carbocycles. The van der Waals surface area contributed by atoms with Crippen molar-refractivity contribution < 1.29 is 19.0 Å². The maximum atomic E-state index is 12.1. The van der Waals surface area contributed by atoms with Gasteiger partial charge in [0.15, 0.2) is 11.5 Å². The van der Waals surface area contributed by atoms with E-state index >= 15 is 0 Å². The third-order valence-electron chi connectivity index (χ3n) is 6.42. The number of benzene rings is 3. The average molecular weight is 514 g/mol. The Morgan fingerprint density at radius 3 is 2.51 bits per heavy atom. The van der Waals surface area contributed by atoms with Gasteiger partial charge in [0.2, 0.25) is 0 Å². The molecule has 0 bridgehead atoms. The lowest BCUT2D eigenvalue weighted by molar-refractivity contribution is -0.154. The monoisotopic (exact) mass is 513 g/mol. The number of carbonyl (C=O) groups excluding carboxylic acids is 1. The van der Waals surface area contributed by atoms with Gasteiger partial charge in [-0.05, 0) is 31.2 Å². The Balaban J connectivity index is 1.78. The molecule has 0 aromatic heterocycles. The molecular weight excluding hydrogens is 485 g/mol. The van der Waals surface area contributed by atoms with E-state index in [4.69, 9.17) is 37.4 Å². The van der Waals surface area contributed by atoms with E-state index in [2.05, 4.69) is 25.2 Å². The van der Waals surface area contributed by atoms with Gasteiger partial charge in [-0.3, -0.25) is 4.79 Å². The lowest BCUT2D eigenvalue weighted by atomic mass is 9.70. The standard InChI is InChI=1S/C28H29Cl2NO4/c1-16-9-12-23-21(13-16)27(35-17(2)32)28(3,4)26(31-23)20-7-6-8-24(33-5)25(20)34-15-18-10-11-19(29)14-22(18)30/h6-14,26-27,31H,15H2,1-5H3/t26-,27+/m1/s1. The van der Waals surface area contributed by atoms with Crippen molar-refractivity contribution in [3.63, 3.8) is 0 Å². The molecule has 1 aliphatic heterocycles. The molecule has 0 saturated heterocycles. The van der Waals surface area contributed by atoms with Crippen molar-refractivity contribution in [2.75, 3.05) is 12.4 Å². The first-order valence-electron chi connectivity index (χ1n) is 11.4. The molecule has 0 unspecified atom stereocenters. The number of nitrogens with one attached hydrogen (secondary N) is 1. The van der Waals surface area contributed by atoms with E-state index in [-0.39, 0.29) is 18.6 Å². The van der Waals surface area contributed by atoms with Crippen molar-refractivity contribution in [2.24, 2.45) is 5.41 Å². The third kappa shape index (κ3) is 5.07. The van der Waals surface area contributed by atoms with Crippen LogP contribution < -0.4 is 14.8 Å². The fraction of sp³-hybridized carbons (Fsp3) is 0.321. The molecule has 1 aliphatic rings. The normalized spacial score (nSPS) is 18.3. The van der Waals surface area contributed by atoms with Crippen LogP contribution in [-0.4, -0.2) is 13.1 Å². The van der Waals surface area contributed by atoms with E-state index < -0.39 is 11.5 Å². The van der Waals surface area contributed by atoms with Gasteiger partial charge in [-0.1, -0.05) is 72.9 Å². The number of ether oxygens (including phenoxy) is 3. The van der Waals surface area contributed by atoms with Crippen LogP contribution in [0.15, 0.2) is 54.6 Å². The van der Waals surface area contributed by atoms with E-state index in [1.54, 1.807) is 19.2 Å². The van der Waals surface area contributed by atoms with E-state index in [1.807, 2.05) is 43.3 Å². The molecule has 3 aromatic carbocycles. The number of fused-ring (bicyclic) bond motifs is 1. The molecule has 0 amide bonds. The smallest absolute Gasteiger partial charge is 0.303 e. The van der Waals surface area contributed by atoms with Crippen molar-refractivity contribution in [2.45, 2.75) is 46.4 Å². The van der Waals surface area contributed by atoms with Crippen molar-refractivity contribution in [3.8, 4) is 11.5 Å². The number of carbonyl (C=O) groups is 1. The molecule has 0 aliphatic carbocycles. The molecule has 7 heteroatoms. The average Bonchev–Trinajstić information content (AvgIpc) is 2.80. The summed E-state index contributed by atoms with van der Waals surface area (Å²) in [5.74, 6) is 0.878. The van der Waals surface area contributed by atoms with Crippen LogP contribution in [0.4, 0.5) is 5.69 Å². The van der Waals surface area contributed by atoms with Crippen molar-refractivity contribution in [1.29, 1.82) is 0 Å². The van der Waals surface area contributed by atoms with Crippen molar-refractivity contribution in [3.05, 3.63) is 86.9 Å².